The number of benzene rings is 1. The van der Waals surface area contributed by atoms with Gasteiger partial charge in [0, 0.05) is 30.8 Å². The zero-order valence-corrected chi connectivity index (χ0v) is 9.82. The highest BCUT2D eigenvalue weighted by Crippen LogP contribution is 2.10. The third-order valence-corrected chi connectivity index (χ3v) is 2.12. The Morgan fingerprint density at radius 2 is 2.12 bits per heavy atom. The summed E-state index contributed by atoms with van der Waals surface area (Å²) < 4.78 is 0. The fraction of sp³-hybridized carbons (Fsp3) is 0.333. The lowest BCUT2D eigenvalue weighted by atomic mass is 10.2. The van der Waals surface area contributed by atoms with E-state index < -0.39 is 0 Å². The number of nitrogens with one attached hydrogen (secondary N) is 2. The zero-order chi connectivity index (χ0) is 12.7. The summed E-state index contributed by atoms with van der Waals surface area (Å²) in [6.07, 6.45) is 0.269. The van der Waals surface area contributed by atoms with Crippen LogP contribution in [-0.2, 0) is 4.79 Å². The average Bonchev–Trinajstić information content (AvgIpc) is 2.30. The first-order valence-corrected chi connectivity index (χ1v) is 5.55. The van der Waals surface area contributed by atoms with Crippen LogP contribution in [0.4, 0.5) is 5.69 Å². The predicted molar refractivity (Wildman–Crippen MR) is 66.8 cm³/mol. The van der Waals surface area contributed by atoms with Crippen LogP contribution in [0.3, 0.4) is 0 Å². The van der Waals surface area contributed by atoms with Gasteiger partial charge in [0.15, 0.2) is 0 Å². The van der Waals surface area contributed by atoms with Crippen LogP contribution in [-0.4, -0.2) is 24.9 Å². The van der Waals surface area contributed by atoms with E-state index in [9.17, 15) is 9.59 Å². The van der Waals surface area contributed by atoms with Crippen LogP contribution >= 0.6 is 0 Å². The first kappa shape index (κ1) is 13.2. The number of hydrogen-bond donors (Lipinski definition) is 3. The first-order chi connectivity index (χ1) is 8.17. The van der Waals surface area contributed by atoms with Gasteiger partial charge in [0.05, 0.1) is 0 Å². The van der Waals surface area contributed by atoms with Crippen LogP contribution in [0.2, 0.25) is 0 Å². The Labute approximate surface area is 100 Å². The highest BCUT2D eigenvalue weighted by atomic mass is 16.2. The molecule has 0 aliphatic carbocycles. The molecule has 4 N–H and O–H groups in total. The van der Waals surface area contributed by atoms with Gasteiger partial charge in [-0.3, -0.25) is 9.59 Å². The summed E-state index contributed by atoms with van der Waals surface area (Å²) in [6.45, 7) is 2.73. The average molecular weight is 235 g/mol. The Morgan fingerprint density at radius 1 is 1.35 bits per heavy atom. The predicted octanol–water partition coefficient (Wildman–Crippen LogP) is 0.724. The molecule has 0 atom stereocenters. The molecule has 0 saturated heterocycles. The summed E-state index contributed by atoms with van der Waals surface area (Å²) >= 11 is 0. The molecule has 2 amide bonds. The second kappa shape index (κ2) is 6.65. The SMILES string of the molecule is CCNC(=O)c1cccc(NC(=O)CCN)c1. The highest BCUT2D eigenvalue weighted by Gasteiger charge is 2.06. The van der Waals surface area contributed by atoms with Crippen molar-refractivity contribution in [1.29, 1.82) is 0 Å². The molecule has 0 heterocycles. The van der Waals surface area contributed by atoms with Crippen LogP contribution in [0.15, 0.2) is 24.3 Å². The van der Waals surface area contributed by atoms with Crippen molar-refractivity contribution in [1.82, 2.24) is 5.32 Å². The number of anilines is 1. The molecule has 17 heavy (non-hydrogen) atoms. The maximum absolute atomic E-state index is 11.6. The lowest BCUT2D eigenvalue weighted by molar-refractivity contribution is -0.116. The Bertz CT molecular complexity index is 404. The van der Waals surface area contributed by atoms with Crippen LogP contribution in [0.25, 0.3) is 0 Å². The lowest BCUT2D eigenvalue weighted by Crippen LogP contribution is -2.23. The smallest absolute Gasteiger partial charge is 0.251 e. The van der Waals surface area contributed by atoms with Crippen LogP contribution < -0.4 is 16.4 Å². The van der Waals surface area contributed by atoms with Crippen molar-refractivity contribution in [3.05, 3.63) is 29.8 Å². The number of carbonyl (C=O) groups is 2. The van der Waals surface area contributed by atoms with Gasteiger partial charge in [-0.15, -0.1) is 0 Å². The van der Waals surface area contributed by atoms with E-state index in [1.165, 1.54) is 0 Å². The van der Waals surface area contributed by atoms with E-state index in [-0.39, 0.29) is 18.2 Å². The molecule has 1 rings (SSSR count). The molecule has 0 radical (unpaired) electrons. The monoisotopic (exact) mass is 235 g/mol. The summed E-state index contributed by atoms with van der Waals surface area (Å²) in [4.78, 5) is 22.9. The van der Waals surface area contributed by atoms with E-state index in [4.69, 9.17) is 5.73 Å². The zero-order valence-electron chi connectivity index (χ0n) is 9.82. The molecule has 92 valence electrons. The summed E-state index contributed by atoms with van der Waals surface area (Å²) in [6, 6.07) is 6.79. The fourth-order valence-corrected chi connectivity index (χ4v) is 1.36. The van der Waals surface area contributed by atoms with E-state index in [1.54, 1.807) is 24.3 Å². The van der Waals surface area contributed by atoms with Gasteiger partial charge >= 0.3 is 0 Å². The molecule has 1 aromatic carbocycles. The van der Waals surface area contributed by atoms with E-state index in [0.717, 1.165) is 0 Å². The van der Waals surface area contributed by atoms with Crippen LogP contribution in [0.1, 0.15) is 23.7 Å². The van der Waals surface area contributed by atoms with E-state index in [2.05, 4.69) is 10.6 Å². The molecule has 0 aliphatic rings. The van der Waals surface area contributed by atoms with Crippen molar-refractivity contribution in [3.63, 3.8) is 0 Å². The lowest BCUT2D eigenvalue weighted by Gasteiger charge is -2.06. The molecule has 5 heteroatoms. The van der Waals surface area contributed by atoms with Crippen molar-refractivity contribution in [3.8, 4) is 0 Å². The molecule has 1 aromatic rings. The topological polar surface area (TPSA) is 84.2 Å². The maximum atomic E-state index is 11.6. The van der Waals surface area contributed by atoms with E-state index in [0.29, 0.717) is 24.3 Å². The van der Waals surface area contributed by atoms with Gasteiger partial charge in [-0.1, -0.05) is 6.07 Å². The fourth-order valence-electron chi connectivity index (χ4n) is 1.36. The van der Waals surface area contributed by atoms with Crippen LogP contribution in [0, 0.1) is 0 Å². The van der Waals surface area contributed by atoms with Gasteiger partial charge in [-0.25, -0.2) is 0 Å². The van der Waals surface area contributed by atoms with E-state index in [1.807, 2.05) is 6.92 Å². The molecule has 0 saturated carbocycles. The number of carbonyl (C=O) groups excluding carboxylic acids is 2. The van der Waals surface area contributed by atoms with Gasteiger partial charge in [0.25, 0.3) is 5.91 Å². The van der Waals surface area contributed by atoms with E-state index >= 15 is 0 Å². The number of amides is 2. The van der Waals surface area contributed by atoms with Gasteiger partial charge in [0.2, 0.25) is 5.91 Å². The Kier molecular flexibility index (Phi) is 5.16. The molecule has 0 aromatic heterocycles. The highest BCUT2D eigenvalue weighted by molar-refractivity contribution is 5.97. The van der Waals surface area contributed by atoms with Gasteiger partial charge in [0.1, 0.15) is 0 Å². The molecule has 0 fully saturated rings. The molecule has 0 aliphatic heterocycles. The minimum Gasteiger partial charge on any atom is -0.352 e. The Balaban J connectivity index is 2.72. The number of rotatable bonds is 5. The van der Waals surface area contributed by atoms with Crippen molar-refractivity contribution < 1.29 is 9.59 Å². The summed E-state index contributed by atoms with van der Waals surface area (Å²) in [5, 5.41) is 5.38. The number of hydrogen-bond acceptors (Lipinski definition) is 3. The third kappa shape index (κ3) is 4.24. The van der Waals surface area contributed by atoms with Gasteiger partial charge in [-0.05, 0) is 25.1 Å². The normalized spacial score (nSPS) is 9.76. The minimum atomic E-state index is -0.152. The molecule has 0 bridgehead atoms. The number of nitrogens with two attached hydrogens (primary N) is 1. The molecule has 0 unspecified atom stereocenters. The molecular weight excluding hydrogens is 218 g/mol. The summed E-state index contributed by atoms with van der Waals surface area (Å²) in [5.74, 6) is -0.303. The standard InChI is InChI=1S/C12H17N3O2/c1-2-14-12(17)9-4-3-5-10(8-9)15-11(16)6-7-13/h3-5,8H,2,6-7,13H2,1H3,(H,14,17)(H,15,16). The first-order valence-electron chi connectivity index (χ1n) is 5.55. The van der Waals surface area contributed by atoms with Crippen molar-refractivity contribution in [2.75, 3.05) is 18.4 Å². The Hall–Kier alpha value is -1.88. The summed E-state index contributed by atoms with van der Waals surface area (Å²) in [5.41, 5.74) is 6.41. The molecular formula is C12H17N3O2. The van der Waals surface area contributed by atoms with Crippen molar-refractivity contribution in [2.24, 2.45) is 5.73 Å². The van der Waals surface area contributed by atoms with Gasteiger partial charge < -0.3 is 16.4 Å². The minimum absolute atomic E-state index is 0.151. The second-order valence-corrected chi connectivity index (χ2v) is 3.53. The molecule has 5 nitrogen and oxygen atoms in total. The Morgan fingerprint density at radius 3 is 2.76 bits per heavy atom. The maximum Gasteiger partial charge on any atom is 0.251 e. The van der Waals surface area contributed by atoms with Crippen molar-refractivity contribution in [2.45, 2.75) is 13.3 Å². The summed E-state index contributed by atoms with van der Waals surface area (Å²) in [7, 11) is 0. The van der Waals surface area contributed by atoms with Gasteiger partial charge in [-0.2, -0.15) is 0 Å². The van der Waals surface area contributed by atoms with Crippen molar-refractivity contribution >= 4 is 17.5 Å². The van der Waals surface area contributed by atoms with Crippen LogP contribution in [0.5, 0.6) is 0 Å². The largest absolute Gasteiger partial charge is 0.352 e. The molecule has 0 spiro atoms. The quantitative estimate of drug-likeness (QED) is 0.703. The second-order valence-electron chi connectivity index (χ2n) is 3.53. The third-order valence-electron chi connectivity index (χ3n) is 2.12.